The molecule has 0 bridgehead atoms. The van der Waals surface area contributed by atoms with Gasteiger partial charge in [0.25, 0.3) is 11.5 Å². The van der Waals surface area contributed by atoms with Crippen molar-refractivity contribution in [1.29, 1.82) is 0 Å². The van der Waals surface area contributed by atoms with Gasteiger partial charge < -0.3 is 9.80 Å². The second-order valence-electron chi connectivity index (χ2n) is 10.2. The van der Waals surface area contributed by atoms with Gasteiger partial charge in [-0.1, -0.05) is 46.3 Å². The lowest BCUT2D eigenvalue weighted by Crippen LogP contribution is -2.54. The number of nitrogens with one attached hydrogen (secondary N) is 1. The van der Waals surface area contributed by atoms with E-state index in [9.17, 15) is 18.8 Å². The van der Waals surface area contributed by atoms with E-state index in [2.05, 4.69) is 26.1 Å². The number of hydrogen-bond acceptors (Lipinski definition) is 5. The molecule has 40 heavy (non-hydrogen) atoms. The number of benzene rings is 3. The van der Waals surface area contributed by atoms with Crippen molar-refractivity contribution >= 4 is 50.3 Å². The van der Waals surface area contributed by atoms with Crippen LogP contribution in [0, 0.1) is 5.82 Å². The number of halogens is 2. The molecule has 7 nitrogen and oxygen atoms in total. The van der Waals surface area contributed by atoms with Gasteiger partial charge in [-0.25, -0.2) is 9.49 Å². The van der Waals surface area contributed by atoms with Gasteiger partial charge in [0.05, 0.1) is 21.4 Å². The van der Waals surface area contributed by atoms with Gasteiger partial charge in [0, 0.05) is 47.4 Å². The maximum absolute atomic E-state index is 14.8. The third-order valence-electron chi connectivity index (χ3n) is 6.95. The monoisotopic (exact) mass is 622 g/mol. The lowest BCUT2D eigenvalue weighted by Gasteiger charge is -2.38. The Bertz CT molecular complexity index is 1650. The molecule has 1 N–H and O–H groups in total. The molecule has 1 fully saturated rings. The Hall–Kier alpha value is -3.50. The van der Waals surface area contributed by atoms with Gasteiger partial charge in [0.15, 0.2) is 0 Å². The van der Waals surface area contributed by atoms with Gasteiger partial charge in [-0.3, -0.25) is 14.4 Å². The van der Waals surface area contributed by atoms with Crippen LogP contribution in [-0.2, 0) is 11.2 Å². The zero-order valence-corrected chi connectivity index (χ0v) is 24.5. The van der Waals surface area contributed by atoms with Crippen LogP contribution in [0.1, 0.15) is 35.5 Å². The standard InChI is InChI=1S/C30H28BrFN4O3S/c1-30(2,40-21-7-5-6-20(31)18-21)29(39)36-14-12-35(13-15-36)28(38)24-16-19(10-11-25(24)32)17-26-22-8-3-4-9-23(22)27(37)34-33-26/h3-11,16,18H,12-15,17H2,1-2H3,(H,34,37). The number of rotatable bonds is 6. The van der Waals surface area contributed by atoms with Crippen molar-refractivity contribution < 1.29 is 14.0 Å². The van der Waals surface area contributed by atoms with Crippen LogP contribution in [0.4, 0.5) is 4.39 Å². The van der Waals surface area contributed by atoms with E-state index in [1.165, 1.54) is 17.8 Å². The Morgan fingerprint density at radius 1 is 0.975 bits per heavy atom. The molecule has 0 atom stereocenters. The molecular formula is C30H28BrFN4O3S. The van der Waals surface area contributed by atoms with Crippen molar-refractivity contribution in [2.24, 2.45) is 0 Å². The number of carbonyl (C=O) groups is 2. The van der Waals surface area contributed by atoms with Crippen molar-refractivity contribution in [3.63, 3.8) is 0 Å². The Labute approximate surface area is 243 Å². The van der Waals surface area contributed by atoms with Crippen LogP contribution in [0.2, 0.25) is 0 Å². The summed E-state index contributed by atoms with van der Waals surface area (Å²) < 4.78 is 15.1. The molecule has 206 valence electrons. The number of thioether (sulfide) groups is 1. The highest BCUT2D eigenvalue weighted by Gasteiger charge is 2.35. The van der Waals surface area contributed by atoms with Gasteiger partial charge in [0.1, 0.15) is 5.82 Å². The van der Waals surface area contributed by atoms with Crippen LogP contribution in [0.15, 0.2) is 80.9 Å². The van der Waals surface area contributed by atoms with Crippen molar-refractivity contribution in [2.75, 3.05) is 26.2 Å². The number of H-pyrrole nitrogens is 1. The van der Waals surface area contributed by atoms with Gasteiger partial charge >= 0.3 is 0 Å². The van der Waals surface area contributed by atoms with Gasteiger partial charge in [-0.15, -0.1) is 11.8 Å². The largest absolute Gasteiger partial charge is 0.338 e. The lowest BCUT2D eigenvalue weighted by molar-refractivity contribution is -0.134. The maximum Gasteiger partial charge on any atom is 0.272 e. The van der Waals surface area contributed by atoms with E-state index >= 15 is 0 Å². The highest BCUT2D eigenvalue weighted by atomic mass is 79.9. The summed E-state index contributed by atoms with van der Waals surface area (Å²) in [6.07, 6.45) is 0.324. The minimum absolute atomic E-state index is 0.00150. The first-order valence-corrected chi connectivity index (χ1v) is 14.5. The topological polar surface area (TPSA) is 86.4 Å². The molecule has 0 saturated carbocycles. The van der Waals surface area contributed by atoms with Crippen molar-refractivity contribution in [1.82, 2.24) is 20.0 Å². The molecule has 5 rings (SSSR count). The molecule has 0 unspecified atom stereocenters. The Kier molecular flexibility index (Phi) is 8.09. The molecule has 0 radical (unpaired) electrons. The predicted octanol–water partition coefficient (Wildman–Crippen LogP) is 5.27. The number of fused-ring (bicyclic) bond motifs is 1. The summed E-state index contributed by atoms with van der Waals surface area (Å²) in [5, 5.41) is 7.95. The van der Waals surface area contributed by atoms with E-state index in [1.807, 2.05) is 50.2 Å². The number of nitrogens with zero attached hydrogens (tertiary/aromatic N) is 3. The van der Waals surface area contributed by atoms with Crippen LogP contribution in [0.5, 0.6) is 0 Å². The Morgan fingerprint density at radius 2 is 1.68 bits per heavy atom. The second-order valence-corrected chi connectivity index (χ2v) is 12.8. The molecule has 3 aromatic carbocycles. The summed E-state index contributed by atoms with van der Waals surface area (Å²) in [5.41, 5.74) is 1.05. The summed E-state index contributed by atoms with van der Waals surface area (Å²) >= 11 is 4.97. The highest BCUT2D eigenvalue weighted by Crippen LogP contribution is 2.35. The van der Waals surface area contributed by atoms with Crippen molar-refractivity contribution in [3.8, 4) is 0 Å². The maximum atomic E-state index is 14.8. The van der Waals surface area contributed by atoms with Crippen molar-refractivity contribution in [3.05, 3.63) is 104 Å². The number of aromatic amines is 1. The molecule has 2 amide bonds. The average molecular weight is 624 g/mol. The Balaban J connectivity index is 1.26. The number of aromatic nitrogens is 2. The highest BCUT2D eigenvalue weighted by molar-refractivity contribution is 9.10. The van der Waals surface area contributed by atoms with E-state index in [0.29, 0.717) is 54.6 Å². The van der Waals surface area contributed by atoms with Gasteiger partial charge in [-0.2, -0.15) is 5.10 Å². The molecule has 1 aromatic heterocycles. The first-order valence-electron chi connectivity index (χ1n) is 12.9. The first kappa shape index (κ1) is 28.0. The molecule has 0 spiro atoms. The number of amides is 2. The lowest BCUT2D eigenvalue weighted by atomic mass is 10.0. The summed E-state index contributed by atoms with van der Waals surface area (Å²) in [4.78, 5) is 43.2. The fourth-order valence-electron chi connectivity index (χ4n) is 4.88. The SMILES string of the molecule is CC(C)(Sc1cccc(Br)c1)C(=O)N1CCN(C(=O)c2cc(Cc3n[nH]c(=O)c4ccccc34)ccc2F)CC1. The molecule has 2 heterocycles. The zero-order valence-electron chi connectivity index (χ0n) is 22.1. The third kappa shape index (κ3) is 5.97. The van der Waals surface area contributed by atoms with E-state index in [4.69, 9.17) is 0 Å². The molecule has 1 saturated heterocycles. The van der Waals surface area contributed by atoms with E-state index < -0.39 is 16.5 Å². The quantitative estimate of drug-likeness (QED) is 0.296. The first-order chi connectivity index (χ1) is 19.1. The Morgan fingerprint density at radius 3 is 2.40 bits per heavy atom. The fourth-order valence-corrected chi connectivity index (χ4v) is 6.57. The van der Waals surface area contributed by atoms with Gasteiger partial charge in [-0.05, 0) is 55.8 Å². The van der Waals surface area contributed by atoms with Crippen LogP contribution in [-0.4, -0.2) is 62.7 Å². The normalized spacial score (nSPS) is 14.0. The predicted molar refractivity (Wildman–Crippen MR) is 158 cm³/mol. The zero-order chi connectivity index (χ0) is 28.4. The molecule has 10 heteroatoms. The summed E-state index contributed by atoms with van der Waals surface area (Å²) in [5.74, 6) is -1.01. The molecule has 1 aliphatic rings. The number of piperazine rings is 1. The third-order valence-corrected chi connectivity index (χ3v) is 8.61. The number of carbonyl (C=O) groups excluding carboxylic acids is 2. The van der Waals surface area contributed by atoms with E-state index in [1.54, 1.807) is 34.1 Å². The average Bonchev–Trinajstić information content (AvgIpc) is 2.95. The smallest absolute Gasteiger partial charge is 0.272 e. The van der Waals surface area contributed by atoms with Gasteiger partial charge in [0.2, 0.25) is 5.91 Å². The number of hydrogen-bond donors (Lipinski definition) is 1. The minimum Gasteiger partial charge on any atom is -0.338 e. The molecule has 4 aromatic rings. The van der Waals surface area contributed by atoms with Crippen molar-refractivity contribution in [2.45, 2.75) is 29.9 Å². The van der Waals surface area contributed by atoms with Crippen LogP contribution in [0.3, 0.4) is 0 Å². The molecule has 1 aliphatic heterocycles. The fraction of sp³-hybridized carbons (Fsp3) is 0.267. The van der Waals surface area contributed by atoms with Crippen LogP contribution >= 0.6 is 27.7 Å². The van der Waals surface area contributed by atoms with E-state index in [0.717, 1.165) is 9.37 Å². The minimum atomic E-state index is -0.687. The molecule has 0 aliphatic carbocycles. The summed E-state index contributed by atoms with van der Waals surface area (Å²) in [7, 11) is 0. The van der Waals surface area contributed by atoms with Crippen LogP contribution < -0.4 is 5.56 Å². The van der Waals surface area contributed by atoms with Crippen LogP contribution in [0.25, 0.3) is 10.8 Å². The summed E-state index contributed by atoms with van der Waals surface area (Å²) in [6.45, 7) is 5.19. The molecular weight excluding hydrogens is 595 g/mol. The summed E-state index contributed by atoms with van der Waals surface area (Å²) in [6, 6.07) is 19.4. The van der Waals surface area contributed by atoms with E-state index in [-0.39, 0.29) is 17.0 Å². The second kappa shape index (κ2) is 11.5.